The zero-order valence-corrected chi connectivity index (χ0v) is 12.1. The SMILES string of the molecule is COC(CN)C(=O)NC1CCCc2c1cnn2C.Cl. The number of hydrogen-bond donors (Lipinski definition) is 2. The summed E-state index contributed by atoms with van der Waals surface area (Å²) in [6, 6.07) is 0.0270. The Morgan fingerprint density at radius 2 is 2.47 bits per heavy atom. The van der Waals surface area contributed by atoms with Gasteiger partial charge in [0.25, 0.3) is 5.91 Å². The van der Waals surface area contributed by atoms with Gasteiger partial charge in [-0.15, -0.1) is 12.4 Å². The van der Waals surface area contributed by atoms with Gasteiger partial charge in [-0.2, -0.15) is 5.10 Å². The van der Waals surface area contributed by atoms with Gasteiger partial charge in [-0.25, -0.2) is 0 Å². The van der Waals surface area contributed by atoms with Crippen molar-refractivity contribution in [3.8, 4) is 0 Å². The van der Waals surface area contributed by atoms with E-state index in [9.17, 15) is 4.79 Å². The number of fused-ring (bicyclic) bond motifs is 1. The fourth-order valence-corrected chi connectivity index (χ4v) is 2.43. The van der Waals surface area contributed by atoms with Crippen LogP contribution in [0.1, 0.15) is 30.1 Å². The fraction of sp³-hybridized carbons (Fsp3) is 0.667. The third kappa shape index (κ3) is 3.26. The van der Waals surface area contributed by atoms with E-state index in [0.29, 0.717) is 0 Å². The number of hydrogen-bond acceptors (Lipinski definition) is 4. The van der Waals surface area contributed by atoms with Crippen molar-refractivity contribution >= 4 is 18.3 Å². The highest BCUT2D eigenvalue weighted by Gasteiger charge is 2.26. The van der Waals surface area contributed by atoms with Crippen LogP contribution < -0.4 is 11.1 Å². The largest absolute Gasteiger partial charge is 0.370 e. The summed E-state index contributed by atoms with van der Waals surface area (Å²) in [5.41, 5.74) is 7.80. The molecule has 1 aliphatic carbocycles. The van der Waals surface area contributed by atoms with Gasteiger partial charge in [-0.3, -0.25) is 9.48 Å². The van der Waals surface area contributed by atoms with E-state index in [2.05, 4.69) is 10.4 Å². The van der Waals surface area contributed by atoms with E-state index in [1.165, 1.54) is 12.8 Å². The second kappa shape index (κ2) is 6.88. The Balaban J connectivity index is 0.00000180. The van der Waals surface area contributed by atoms with Gasteiger partial charge in [0.1, 0.15) is 6.10 Å². The molecular weight excluding hydrogens is 268 g/mol. The summed E-state index contributed by atoms with van der Waals surface area (Å²) in [5.74, 6) is -0.151. The van der Waals surface area contributed by atoms with Crippen molar-refractivity contribution < 1.29 is 9.53 Å². The van der Waals surface area contributed by atoms with Crippen molar-refractivity contribution in [3.05, 3.63) is 17.5 Å². The lowest BCUT2D eigenvalue weighted by Crippen LogP contribution is -2.42. The first-order chi connectivity index (χ1) is 8.67. The number of aryl methyl sites for hydroxylation is 1. The topological polar surface area (TPSA) is 82.2 Å². The van der Waals surface area contributed by atoms with E-state index in [-0.39, 0.29) is 30.9 Å². The van der Waals surface area contributed by atoms with Crippen LogP contribution in [0.15, 0.2) is 6.20 Å². The van der Waals surface area contributed by atoms with E-state index >= 15 is 0 Å². The predicted molar refractivity (Wildman–Crippen MR) is 74.1 cm³/mol. The number of amides is 1. The molecule has 7 heteroatoms. The highest BCUT2D eigenvalue weighted by molar-refractivity contribution is 5.85. The van der Waals surface area contributed by atoms with Crippen LogP contribution in [-0.4, -0.2) is 35.4 Å². The number of carbonyl (C=O) groups is 1. The average Bonchev–Trinajstić information content (AvgIpc) is 2.74. The number of rotatable bonds is 4. The van der Waals surface area contributed by atoms with Crippen LogP contribution >= 0.6 is 12.4 Å². The molecule has 2 unspecified atom stereocenters. The Labute approximate surface area is 119 Å². The molecule has 2 rings (SSSR count). The van der Waals surface area contributed by atoms with Crippen LogP contribution in [0.2, 0.25) is 0 Å². The normalized spacial score (nSPS) is 19.2. The summed E-state index contributed by atoms with van der Waals surface area (Å²) in [6.07, 6.45) is 4.27. The van der Waals surface area contributed by atoms with Crippen LogP contribution in [0.25, 0.3) is 0 Å². The maximum Gasteiger partial charge on any atom is 0.250 e. The number of aromatic nitrogens is 2. The Morgan fingerprint density at radius 1 is 1.74 bits per heavy atom. The molecule has 0 fully saturated rings. The highest BCUT2D eigenvalue weighted by atomic mass is 35.5. The summed E-state index contributed by atoms with van der Waals surface area (Å²) < 4.78 is 6.92. The lowest BCUT2D eigenvalue weighted by atomic mass is 9.93. The lowest BCUT2D eigenvalue weighted by Gasteiger charge is -2.25. The summed E-state index contributed by atoms with van der Waals surface area (Å²) in [5, 5.41) is 7.24. The van der Waals surface area contributed by atoms with E-state index in [4.69, 9.17) is 10.5 Å². The molecule has 1 aromatic heterocycles. The van der Waals surface area contributed by atoms with Crippen LogP contribution in [-0.2, 0) is 23.0 Å². The minimum Gasteiger partial charge on any atom is -0.370 e. The number of ether oxygens (including phenoxy) is 1. The molecule has 6 nitrogen and oxygen atoms in total. The second-order valence-corrected chi connectivity index (χ2v) is 4.58. The monoisotopic (exact) mass is 288 g/mol. The van der Waals surface area contributed by atoms with E-state index in [0.717, 1.165) is 24.8 Å². The van der Waals surface area contributed by atoms with E-state index in [1.54, 1.807) is 0 Å². The summed E-state index contributed by atoms with van der Waals surface area (Å²) in [6.45, 7) is 0.189. The third-order valence-corrected chi connectivity index (χ3v) is 3.48. The number of nitrogens with zero attached hydrogens (tertiary/aromatic N) is 2. The average molecular weight is 289 g/mol. The summed E-state index contributed by atoms with van der Waals surface area (Å²) >= 11 is 0. The molecule has 0 aromatic carbocycles. The predicted octanol–water partition coefficient (Wildman–Crippen LogP) is 0.309. The highest BCUT2D eigenvalue weighted by Crippen LogP contribution is 2.29. The number of carbonyl (C=O) groups excluding carboxylic acids is 1. The van der Waals surface area contributed by atoms with Crippen LogP contribution in [0.4, 0.5) is 0 Å². The molecule has 2 atom stereocenters. The molecule has 0 bridgehead atoms. The Bertz CT molecular complexity index is 431. The summed E-state index contributed by atoms with van der Waals surface area (Å²) in [4.78, 5) is 11.9. The maximum atomic E-state index is 11.9. The first-order valence-electron chi connectivity index (χ1n) is 6.21. The van der Waals surface area contributed by atoms with E-state index in [1.807, 2.05) is 17.9 Å². The molecule has 108 valence electrons. The molecule has 19 heavy (non-hydrogen) atoms. The first-order valence-corrected chi connectivity index (χ1v) is 6.21. The van der Waals surface area contributed by atoms with Crippen LogP contribution in [0.3, 0.4) is 0 Å². The van der Waals surface area contributed by atoms with Crippen molar-refractivity contribution in [1.82, 2.24) is 15.1 Å². The number of nitrogens with one attached hydrogen (secondary N) is 1. The Hall–Kier alpha value is -1.11. The molecule has 0 spiro atoms. The maximum absolute atomic E-state index is 11.9. The minimum absolute atomic E-state index is 0. The van der Waals surface area contributed by atoms with Gasteiger partial charge in [-0.05, 0) is 19.3 Å². The molecular formula is C12H21ClN4O2. The fourth-order valence-electron chi connectivity index (χ4n) is 2.43. The number of methoxy groups -OCH3 is 1. The Kier molecular flexibility index (Phi) is 5.78. The van der Waals surface area contributed by atoms with Gasteiger partial charge >= 0.3 is 0 Å². The standard InChI is InChI=1S/C12H20N4O2.ClH/c1-16-10-5-3-4-9(8(10)7-14-16)15-12(17)11(6-13)18-2;/h7,9,11H,3-6,13H2,1-2H3,(H,15,17);1H. The van der Waals surface area contributed by atoms with Crippen molar-refractivity contribution in [2.45, 2.75) is 31.4 Å². The Morgan fingerprint density at radius 3 is 3.11 bits per heavy atom. The molecule has 0 aliphatic heterocycles. The van der Waals surface area contributed by atoms with Crippen LogP contribution in [0.5, 0.6) is 0 Å². The van der Waals surface area contributed by atoms with Crippen molar-refractivity contribution in [3.63, 3.8) is 0 Å². The van der Waals surface area contributed by atoms with Gasteiger partial charge in [0.05, 0.1) is 12.2 Å². The molecule has 3 N–H and O–H groups in total. The van der Waals surface area contributed by atoms with Crippen molar-refractivity contribution in [1.29, 1.82) is 0 Å². The molecule has 1 aromatic rings. The smallest absolute Gasteiger partial charge is 0.250 e. The van der Waals surface area contributed by atoms with Crippen molar-refractivity contribution in [2.75, 3.05) is 13.7 Å². The number of nitrogens with two attached hydrogens (primary N) is 1. The quantitative estimate of drug-likeness (QED) is 0.835. The molecule has 1 heterocycles. The lowest BCUT2D eigenvalue weighted by molar-refractivity contribution is -0.131. The van der Waals surface area contributed by atoms with Gasteiger partial charge < -0.3 is 15.8 Å². The molecule has 0 saturated heterocycles. The second-order valence-electron chi connectivity index (χ2n) is 4.58. The zero-order chi connectivity index (χ0) is 13.1. The minimum atomic E-state index is -0.577. The number of halogens is 1. The van der Waals surface area contributed by atoms with Gasteiger partial charge in [0.15, 0.2) is 0 Å². The van der Waals surface area contributed by atoms with E-state index < -0.39 is 6.10 Å². The van der Waals surface area contributed by atoms with Gasteiger partial charge in [0.2, 0.25) is 0 Å². The molecule has 0 radical (unpaired) electrons. The molecule has 1 aliphatic rings. The summed E-state index contributed by atoms with van der Waals surface area (Å²) in [7, 11) is 3.42. The third-order valence-electron chi connectivity index (χ3n) is 3.48. The van der Waals surface area contributed by atoms with Gasteiger partial charge in [0, 0.05) is 32.0 Å². The first kappa shape index (κ1) is 15.9. The molecule has 0 saturated carbocycles. The van der Waals surface area contributed by atoms with Gasteiger partial charge in [-0.1, -0.05) is 0 Å². The van der Waals surface area contributed by atoms with Crippen LogP contribution in [0, 0.1) is 0 Å². The zero-order valence-electron chi connectivity index (χ0n) is 11.3. The van der Waals surface area contributed by atoms with Crippen molar-refractivity contribution in [2.24, 2.45) is 12.8 Å². The molecule has 1 amide bonds.